The van der Waals surface area contributed by atoms with Gasteiger partial charge in [0.2, 0.25) is 10.0 Å². The van der Waals surface area contributed by atoms with Crippen LogP contribution in [0.2, 0.25) is 0 Å². The second kappa shape index (κ2) is 4.35. The SMILES string of the molecule is CC1(C)CC(=O)CN1S(=O)(=O)C1CCCCC1. The molecular weight excluding hydrogens is 238 g/mol. The molecule has 98 valence electrons. The first kappa shape index (κ1) is 13.0. The Morgan fingerprint density at radius 3 is 2.24 bits per heavy atom. The smallest absolute Gasteiger partial charge is 0.217 e. The Balaban J connectivity index is 2.23. The van der Waals surface area contributed by atoms with Crippen LogP contribution in [0.25, 0.3) is 0 Å². The van der Waals surface area contributed by atoms with Crippen molar-refractivity contribution in [2.75, 3.05) is 6.54 Å². The summed E-state index contributed by atoms with van der Waals surface area (Å²) in [7, 11) is -3.29. The van der Waals surface area contributed by atoms with Crippen molar-refractivity contribution in [3.63, 3.8) is 0 Å². The van der Waals surface area contributed by atoms with Crippen LogP contribution in [0.15, 0.2) is 0 Å². The first-order valence-electron chi connectivity index (χ1n) is 6.37. The molecule has 0 radical (unpaired) electrons. The summed E-state index contributed by atoms with van der Waals surface area (Å²) in [6.45, 7) is 3.77. The third-order valence-corrected chi connectivity index (χ3v) is 6.46. The Kier molecular flexibility index (Phi) is 3.34. The van der Waals surface area contributed by atoms with Crippen molar-refractivity contribution in [1.29, 1.82) is 0 Å². The van der Waals surface area contributed by atoms with Crippen LogP contribution in [-0.2, 0) is 14.8 Å². The van der Waals surface area contributed by atoms with E-state index in [0.717, 1.165) is 32.1 Å². The molecule has 17 heavy (non-hydrogen) atoms. The third kappa shape index (κ3) is 2.40. The molecular formula is C12H21NO3S. The summed E-state index contributed by atoms with van der Waals surface area (Å²) in [4.78, 5) is 11.5. The van der Waals surface area contributed by atoms with Crippen molar-refractivity contribution in [2.24, 2.45) is 0 Å². The molecule has 1 saturated carbocycles. The van der Waals surface area contributed by atoms with Gasteiger partial charge >= 0.3 is 0 Å². The van der Waals surface area contributed by atoms with E-state index in [-0.39, 0.29) is 17.6 Å². The molecule has 0 bridgehead atoms. The Morgan fingerprint density at radius 2 is 1.76 bits per heavy atom. The molecule has 4 nitrogen and oxygen atoms in total. The number of hydrogen-bond donors (Lipinski definition) is 0. The summed E-state index contributed by atoms with van der Waals surface area (Å²) in [6, 6.07) is 0. The minimum absolute atomic E-state index is 0.0365. The van der Waals surface area contributed by atoms with Gasteiger partial charge in [-0.25, -0.2) is 8.42 Å². The number of carbonyl (C=O) groups is 1. The normalized spacial score (nSPS) is 27.5. The van der Waals surface area contributed by atoms with E-state index in [1.807, 2.05) is 13.8 Å². The van der Waals surface area contributed by atoms with E-state index in [4.69, 9.17) is 0 Å². The van der Waals surface area contributed by atoms with Crippen molar-refractivity contribution in [3.8, 4) is 0 Å². The Morgan fingerprint density at radius 1 is 1.18 bits per heavy atom. The molecule has 2 fully saturated rings. The highest BCUT2D eigenvalue weighted by molar-refractivity contribution is 7.89. The summed E-state index contributed by atoms with van der Waals surface area (Å²) in [6.07, 6.45) is 4.97. The third-order valence-electron chi connectivity index (χ3n) is 3.91. The zero-order valence-corrected chi connectivity index (χ0v) is 11.4. The van der Waals surface area contributed by atoms with Crippen LogP contribution in [0.5, 0.6) is 0 Å². The highest BCUT2D eigenvalue weighted by atomic mass is 32.2. The quantitative estimate of drug-likeness (QED) is 0.758. The molecule has 0 unspecified atom stereocenters. The van der Waals surface area contributed by atoms with Gasteiger partial charge in [-0.2, -0.15) is 4.31 Å². The van der Waals surface area contributed by atoms with Gasteiger partial charge in [0.25, 0.3) is 0 Å². The number of sulfonamides is 1. The van der Waals surface area contributed by atoms with Crippen molar-refractivity contribution >= 4 is 15.8 Å². The van der Waals surface area contributed by atoms with Crippen LogP contribution in [-0.4, -0.2) is 35.8 Å². The fraction of sp³-hybridized carbons (Fsp3) is 0.917. The number of carbonyl (C=O) groups excluding carboxylic acids is 1. The lowest BCUT2D eigenvalue weighted by atomic mass is 10.0. The average molecular weight is 259 g/mol. The molecule has 0 aromatic heterocycles. The predicted molar refractivity (Wildman–Crippen MR) is 66.2 cm³/mol. The molecule has 0 atom stereocenters. The van der Waals surface area contributed by atoms with Gasteiger partial charge in [-0.15, -0.1) is 0 Å². The first-order chi connectivity index (χ1) is 7.84. The van der Waals surface area contributed by atoms with Gasteiger partial charge in [0.15, 0.2) is 0 Å². The summed E-state index contributed by atoms with van der Waals surface area (Å²) >= 11 is 0. The summed E-state index contributed by atoms with van der Waals surface area (Å²) in [5.74, 6) is 0.0365. The van der Waals surface area contributed by atoms with Gasteiger partial charge in [0.1, 0.15) is 5.78 Å². The van der Waals surface area contributed by atoms with Crippen molar-refractivity contribution in [1.82, 2.24) is 4.31 Å². The minimum atomic E-state index is -3.29. The Bertz CT molecular complexity index is 407. The second-order valence-electron chi connectivity index (χ2n) is 5.84. The minimum Gasteiger partial charge on any atom is -0.298 e. The van der Waals surface area contributed by atoms with Gasteiger partial charge < -0.3 is 0 Å². The number of Topliss-reactive ketones (excluding diaryl/α,β-unsaturated/α-hetero) is 1. The lowest BCUT2D eigenvalue weighted by Gasteiger charge is -2.34. The number of rotatable bonds is 2. The van der Waals surface area contributed by atoms with Crippen LogP contribution in [0, 0.1) is 0 Å². The van der Waals surface area contributed by atoms with Gasteiger partial charge in [0.05, 0.1) is 11.8 Å². The van der Waals surface area contributed by atoms with Crippen molar-refractivity contribution in [2.45, 2.75) is 63.2 Å². The zero-order chi connectivity index (χ0) is 12.7. The van der Waals surface area contributed by atoms with E-state index < -0.39 is 15.6 Å². The summed E-state index contributed by atoms with van der Waals surface area (Å²) in [5, 5.41) is -0.263. The molecule has 0 amide bonds. The molecule has 0 spiro atoms. The maximum Gasteiger partial charge on any atom is 0.217 e. The maximum atomic E-state index is 12.5. The summed E-state index contributed by atoms with van der Waals surface area (Å²) in [5.41, 5.74) is -0.534. The van der Waals surface area contributed by atoms with E-state index in [2.05, 4.69) is 0 Å². The summed E-state index contributed by atoms with van der Waals surface area (Å²) < 4.78 is 26.5. The number of ketones is 1. The molecule has 5 heteroatoms. The Hall–Kier alpha value is -0.420. The van der Waals surface area contributed by atoms with Crippen LogP contribution >= 0.6 is 0 Å². The second-order valence-corrected chi connectivity index (χ2v) is 7.98. The van der Waals surface area contributed by atoms with Gasteiger partial charge in [-0.05, 0) is 26.7 Å². The van der Waals surface area contributed by atoms with E-state index in [1.165, 1.54) is 4.31 Å². The van der Waals surface area contributed by atoms with Gasteiger partial charge in [-0.1, -0.05) is 19.3 Å². The highest BCUT2D eigenvalue weighted by Crippen LogP contribution is 2.34. The number of nitrogens with zero attached hydrogens (tertiary/aromatic N) is 1. The van der Waals surface area contributed by atoms with Gasteiger partial charge in [-0.3, -0.25) is 4.79 Å². The van der Waals surface area contributed by atoms with Crippen molar-refractivity contribution in [3.05, 3.63) is 0 Å². The molecule has 0 aromatic rings. The van der Waals surface area contributed by atoms with E-state index in [0.29, 0.717) is 6.42 Å². The van der Waals surface area contributed by atoms with Crippen molar-refractivity contribution < 1.29 is 13.2 Å². The molecule has 1 heterocycles. The van der Waals surface area contributed by atoms with Crippen LogP contribution in [0.4, 0.5) is 0 Å². The fourth-order valence-electron chi connectivity index (χ4n) is 2.98. The molecule has 2 aliphatic rings. The standard InChI is InChI=1S/C12H21NO3S/c1-12(2)8-10(14)9-13(12)17(15,16)11-6-4-3-5-7-11/h11H,3-9H2,1-2H3. The molecule has 0 N–H and O–H groups in total. The van der Waals surface area contributed by atoms with E-state index in [9.17, 15) is 13.2 Å². The fourth-order valence-corrected chi connectivity index (χ4v) is 5.34. The monoisotopic (exact) mass is 259 g/mol. The topological polar surface area (TPSA) is 54.5 Å². The Labute approximate surface area is 103 Å². The number of hydrogen-bond acceptors (Lipinski definition) is 3. The lowest BCUT2D eigenvalue weighted by Crippen LogP contribution is -2.47. The van der Waals surface area contributed by atoms with Crippen LogP contribution in [0.1, 0.15) is 52.4 Å². The van der Waals surface area contributed by atoms with E-state index >= 15 is 0 Å². The predicted octanol–water partition coefficient (Wildman–Crippen LogP) is 1.70. The highest BCUT2D eigenvalue weighted by Gasteiger charge is 2.47. The molecule has 1 saturated heterocycles. The first-order valence-corrected chi connectivity index (χ1v) is 7.88. The lowest BCUT2D eigenvalue weighted by molar-refractivity contribution is -0.116. The largest absolute Gasteiger partial charge is 0.298 e. The maximum absolute atomic E-state index is 12.5. The van der Waals surface area contributed by atoms with Crippen LogP contribution < -0.4 is 0 Å². The average Bonchev–Trinajstić information content (AvgIpc) is 2.54. The molecule has 1 aliphatic carbocycles. The molecule has 2 rings (SSSR count). The molecule has 1 aliphatic heterocycles. The molecule has 0 aromatic carbocycles. The van der Waals surface area contributed by atoms with Gasteiger partial charge in [0, 0.05) is 12.0 Å². The van der Waals surface area contributed by atoms with E-state index in [1.54, 1.807) is 0 Å². The zero-order valence-electron chi connectivity index (χ0n) is 10.6. The van der Waals surface area contributed by atoms with Crippen LogP contribution in [0.3, 0.4) is 0 Å².